The number of hydrogen-bond acceptors (Lipinski definition) is 2. The van der Waals surface area contributed by atoms with Crippen molar-refractivity contribution in [1.82, 2.24) is 10.3 Å². The number of pyridine rings is 1. The Morgan fingerprint density at radius 3 is 2.92 bits per heavy atom. The summed E-state index contributed by atoms with van der Waals surface area (Å²) in [5.74, 6) is 0.203. The molecule has 5 heteroatoms. The molecule has 1 aromatic rings. The summed E-state index contributed by atoms with van der Waals surface area (Å²) in [6.07, 6.45) is 1.57. The first-order valence-corrected chi connectivity index (χ1v) is 4.04. The fourth-order valence-electron chi connectivity index (χ4n) is 0.810. The van der Waals surface area contributed by atoms with E-state index in [9.17, 15) is 4.79 Å². The summed E-state index contributed by atoms with van der Waals surface area (Å²) in [6, 6.07) is 3.45. The third-order valence-corrected chi connectivity index (χ3v) is 1.75. The second-order valence-electron chi connectivity index (χ2n) is 2.26. The molecular formula is C8H10Cl2N2O. The Morgan fingerprint density at radius 1 is 1.69 bits per heavy atom. The lowest BCUT2D eigenvalue weighted by molar-refractivity contribution is 0.0958. The molecule has 0 saturated carbocycles. The predicted molar refractivity (Wildman–Crippen MR) is 54.4 cm³/mol. The van der Waals surface area contributed by atoms with Gasteiger partial charge in [0.1, 0.15) is 5.69 Å². The highest BCUT2D eigenvalue weighted by molar-refractivity contribution is 6.17. The second kappa shape index (κ2) is 5.78. The zero-order chi connectivity index (χ0) is 8.97. The highest BCUT2D eigenvalue weighted by Crippen LogP contribution is 2.04. The summed E-state index contributed by atoms with van der Waals surface area (Å²) in [4.78, 5) is 15.0. The summed E-state index contributed by atoms with van der Waals surface area (Å²) in [7, 11) is 1.57. The maximum Gasteiger partial charge on any atom is 0.269 e. The SMILES string of the molecule is CNC(=O)c1cc(CCl)ccn1.Cl. The van der Waals surface area contributed by atoms with E-state index in [-0.39, 0.29) is 18.3 Å². The lowest BCUT2D eigenvalue weighted by Gasteiger charge is -1.99. The van der Waals surface area contributed by atoms with Gasteiger partial charge in [0, 0.05) is 19.1 Å². The van der Waals surface area contributed by atoms with Crippen molar-refractivity contribution in [2.75, 3.05) is 7.05 Å². The summed E-state index contributed by atoms with van der Waals surface area (Å²) >= 11 is 5.59. The molecule has 1 rings (SSSR count). The Bertz CT molecular complexity index is 291. The number of halogens is 2. The summed E-state index contributed by atoms with van der Waals surface area (Å²) < 4.78 is 0. The average Bonchev–Trinajstić information content (AvgIpc) is 2.17. The molecule has 0 aromatic carbocycles. The second-order valence-corrected chi connectivity index (χ2v) is 2.53. The third-order valence-electron chi connectivity index (χ3n) is 1.44. The fraction of sp³-hybridized carbons (Fsp3) is 0.250. The number of nitrogens with zero attached hydrogens (tertiary/aromatic N) is 1. The van der Waals surface area contributed by atoms with Gasteiger partial charge in [-0.15, -0.1) is 24.0 Å². The normalized spacial score (nSPS) is 8.77. The first kappa shape index (κ1) is 12.2. The predicted octanol–water partition coefficient (Wildman–Crippen LogP) is 1.60. The van der Waals surface area contributed by atoms with Crippen molar-refractivity contribution in [3.05, 3.63) is 29.6 Å². The van der Waals surface area contributed by atoms with Crippen LogP contribution >= 0.6 is 24.0 Å². The summed E-state index contributed by atoms with van der Waals surface area (Å²) in [6.45, 7) is 0. The number of carbonyl (C=O) groups is 1. The van der Waals surface area contributed by atoms with Gasteiger partial charge in [0.25, 0.3) is 5.91 Å². The maximum absolute atomic E-state index is 11.1. The molecule has 0 aliphatic rings. The molecule has 1 amide bonds. The number of aromatic nitrogens is 1. The monoisotopic (exact) mass is 220 g/mol. The van der Waals surface area contributed by atoms with E-state index >= 15 is 0 Å². The van der Waals surface area contributed by atoms with Crippen LogP contribution in [-0.2, 0) is 5.88 Å². The van der Waals surface area contributed by atoms with Gasteiger partial charge in [0.05, 0.1) is 0 Å². The van der Waals surface area contributed by atoms with Crippen LogP contribution in [0.25, 0.3) is 0 Å². The highest BCUT2D eigenvalue weighted by Gasteiger charge is 2.03. The van der Waals surface area contributed by atoms with Crippen LogP contribution in [0.4, 0.5) is 0 Å². The van der Waals surface area contributed by atoms with Gasteiger partial charge >= 0.3 is 0 Å². The van der Waals surface area contributed by atoms with Crippen molar-refractivity contribution in [1.29, 1.82) is 0 Å². The van der Waals surface area contributed by atoms with Crippen molar-refractivity contribution < 1.29 is 4.79 Å². The van der Waals surface area contributed by atoms with Crippen molar-refractivity contribution in [3.8, 4) is 0 Å². The maximum atomic E-state index is 11.1. The molecule has 72 valence electrons. The van der Waals surface area contributed by atoms with E-state index in [0.717, 1.165) is 5.56 Å². The van der Waals surface area contributed by atoms with E-state index in [4.69, 9.17) is 11.6 Å². The Balaban J connectivity index is 0.00000144. The summed E-state index contributed by atoms with van der Waals surface area (Å²) in [5.41, 5.74) is 1.29. The van der Waals surface area contributed by atoms with Gasteiger partial charge in [0.2, 0.25) is 0 Å². The minimum absolute atomic E-state index is 0. The largest absolute Gasteiger partial charge is 0.354 e. The molecule has 0 unspecified atom stereocenters. The molecule has 3 nitrogen and oxygen atoms in total. The van der Waals surface area contributed by atoms with Crippen LogP contribution in [-0.4, -0.2) is 17.9 Å². The Hall–Kier alpha value is -0.800. The standard InChI is InChI=1S/C8H9ClN2O.ClH/c1-10-8(12)7-4-6(5-9)2-3-11-7;/h2-4H,5H2,1H3,(H,10,12);1H. The van der Waals surface area contributed by atoms with Gasteiger partial charge in [-0.1, -0.05) is 0 Å². The number of carbonyl (C=O) groups excluding carboxylic acids is 1. The molecule has 0 aliphatic carbocycles. The van der Waals surface area contributed by atoms with Crippen molar-refractivity contribution >= 4 is 29.9 Å². The fourth-order valence-corrected chi connectivity index (χ4v) is 0.976. The van der Waals surface area contributed by atoms with Crippen LogP contribution in [0.1, 0.15) is 16.1 Å². The van der Waals surface area contributed by atoms with E-state index in [0.29, 0.717) is 11.6 Å². The smallest absolute Gasteiger partial charge is 0.269 e. The molecule has 1 aromatic heterocycles. The van der Waals surface area contributed by atoms with Crippen LogP contribution in [0, 0.1) is 0 Å². The number of hydrogen-bond donors (Lipinski definition) is 1. The topological polar surface area (TPSA) is 42.0 Å². The van der Waals surface area contributed by atoms with Gasteiger partial charge in [0.15, 0.2) is 0 Å². The van der Waals surface area contributed by atoms with Gasteiger partial charge < -0.3 is 5.32 Å². The number of alkyl halides is 1. The minimum atomic E-state index is -0.193. The van der Waals surface area contributed by atoms with Crippen molar-refractivity contribution in [2.45, 2.75) is 5.88 Å². The Labute approximate surface area is 87.9 Å². The van der Waals surface area contributed by atoms with Crippen LogP contribution in [0.15, 0.2) is 18.3 Å². The molecule has 0 radical (unpaired) electrons. The van der Waals surface area contributed by atoms with Crippen LogP contribution < -0.4 is 5.32 Å². The zero-order valence-electron chi connectivity index (χ0n) is 7.08. The van der Waals surface area contributed by atoms with Crippen LogP contribution in [0.3, 0.4) is 0 Å². The van der Waals surface area contributed by atoms with Crippen LogP contribution in [0.5, 0.6) is 0 Å². The molecule has 13 heavy (non-hydrogen) atoms. The quantitative estimate of drug-likeness (QED) is 0.770. The lowest BCUT2D eigenvalue weighted by atomic mass is 10.2. The van der Waals surface area contributed by atoms with Gasteiger partial charge in [-0.3, -0.25) is 9.78 Å². The Kier molecular flexibility index (Phi) is 5.42. The first-order chi connectivity index (χ1) is 5.77. The molecule has 1 N–H and O–H groups in total. The number of amides is 1. The highest BCUT2D eigenvalue weighted by atomic mass is 35.5. The average molecular weight is 221 g/mol. The third kappa shape index (κ3) is 3.20. The Morgan fingerprint density at radius 2 is 2.38 bits per heavy atom. The van der Waals surface area contributed by atoms with E-state index in [2.05, 4.69) is 10.3 Å². The van der Waals surface area contributed by atoms with E-state index in [1.807, 2.05) is 0 Å². The van der Waals surface area contributed by atoms with E-state index in [1.165, 1.54) is 0 Å². The molecule has 0 atom stereocenters. The molecule has 0 spiro atoms. The summed E-state index contributed by atoms with van der Waals surface area (Å²) in [5, 5.41) is 2.49. The van der Waals surface area contributed by atoms with E-state index < -0.39 is 0 Å². The van der Waals surface area contributed by atoms with Gasteiger partial charge in [-0.25, -0.2) is 0 Å². The number of nitrogens with one attached hydrogen (secondary N) is 1. The van der Waals surface area contributed by atoms with Gasteiger partial charge in [-0.2, -0.15) is 0 Å². The van der Waals surface area contributed by atoms with Crippen LogP contribution in [0.2, 0.25) is 0 Å². The molecule has 0 saturated heterocycles. The van der Waals surface area contributed by atoms with Crippen molar-refractivity contribution in [3.63, 3.8) is 0 Å². The first-order valence-electron chi connectivity index (χ1n) is 3.51. The molecule has 0 aliphatic heterocycles. The minimum Gasteiger partial charge on any atom is -0.354 e. The molecule has 1 heterocycles. The lowest BCUT2D eigenvalue weighted by Crippen LogP contribution is -2.19. The van der Waals surface area contributed by atoms with Crippen molar-refractivity contribution in [2.24, 2.45) is 0 Å². The molecule has 0 fully saturated rings. The molecule has 0 bridgehead atoms. The zero-order valence-corrected chi connectivity index (χ0v) is 8.65. The molecular weight excluding hydrogens is 211 g/mol. The number of rotatable bonds is 2. The van der Waals surface area contributed by atoms with E-state index in [1.54, 1.807) is 25.4 Å². The van der Waals surface area contributed by atoms with Gasteiger partial charge in [-0.05, 0) is 17.7 Å².